The number of carbonyl (C=O) groups is 2. The van der Waals surface area contributed by atoms with Crippen molar-refractivity contribution in [1.82, 2.24) is 0 Å². The minimum atomic E-state index is -0.899. The van der Waals surface area contributed by atoms with Crippen LogP contribution in [0.15, 0.2) is 72.3 Å². The lowest BCUT2D eigenvalue weighted by Gasteiger charge is -2.26. The predicted octanol–water partition coefficient (Wildman–Crippen LogP) is 4.51. The van der Waals surface area contributed by atoms with Crippen LogP contribution >= 0.6 is 0 Å². The van der Waals surface area contributed by atoms with Crippen LogP contribution in [0.5, 0.6) is 11.5 Å². The number of amides is 1. The first-order chi connectivity index (χ1) is 16.4. The van der Waals surface area contributed by atoms with Gasteiger partial charge in [-0.2, -0.15) is 5.26 Å². The average molecular weight is 454 g/mol. The summed E-state index contributed by atoms with van der Waals surface area (Å²) in [6.45, 7) is 1.79. The van der Waals surface area contributed by atoms with E-state index < -0.39 is 17.7 Å². The monoisotopic (exact) mass is 454 g/mol. The maximum Gasteiger partial charge on any atom is 0.300 e. The quantitative estimate of drug-likeness (QED) is 0.346. The van der Waals surface area contributed by atoms with Gasteiger partial charge < -0.3 is 14.6 Å². The van der Waals surface area contributed by atoms with Crippen LogP contribution in [0, 0.1) is 18.3 Å². The third-order valence-electron chi connectivity index (χ3n) is 5.82. The Morgan fingerprint density at radius 1 is 0.971 bits per heavy atom. The van der Waals surface area contributed by atoms with E-state index in [2.05, 4.69) is 0 Å². The van der Waals surface area contributed by atoms with E-state index in [1.807, 2.05) is 6.07 Å². The molecule has 0 aliphatic carbocycles. The fourth-order valence-electron chi connectivity index (χ4n) is 4.10. The van der Waals surface area contributed by atoms with Crippen LogP contribution < -0.4 is 14.4 Å². The van der Waals surface area contributed by atoms with Gasteiger partial charge in [0, 0.05) is 11.3 Å². The molecule has 7 nitrogen and oxygen atoms in total. The number of rotatable bonds is 5. The average Bonchev–Trinajstić information content (AvgIpc) is 3.13. The molecule has 0 spiro atoms. The third kappa shape index (κ3) is 3.86. The molecule has 1 aliphatic heterocycles. The number of aliphatic hydroxyl groups is 1. The zero-order valence-corrected chi connectivity index (χ0v) is 18.9. The Labute approximate surface area is 197 Å². The van der Waals surface area contributed by atoms with Crippen LogP contribution in [-0.4, -0.2) is 31.0 Å². The summed E-state index contributed by atoms with van der Waals surface area (Å²) in [7, 11) is 3.07. The molecular weight excluding hydrogens is 432 g/mol. The molecule has 0 radical (unpaired) electrons. The highest BCUT2D eigenvalue weighted by atomic mass is 16.5. The van der Waals surface area contributed by atoms with Gasteiger partial charge in [-0.25, -0.2) is 0 Å². The highest BCUT2D eigenvalue weighted by Gasteiger charge is 2.47. The second-order valence-corrected chi connectivity index (χ2v) is 7.79. The first-order valence-electron chi connectivity index (χ1n) is 10.5. The molecule has 0 saturated carbocycles. The second-order valence-electron chi connectivity index (χ2n) is 7.79. The lowest BCUT2D eigenvalue weighted by atomic mass is 9.93. The minimum absolute atomic E-state index is 0.0316. The van der Waals surface area contributed by atoms with Crippen molar-refractivity contribution in [1.29, 1.82) is 5.26 Å². The topological polar surface area (TPSA) is 99.9 Å². The van der Waals surface area contributed by atoms with Gasteiger partial charge in [-0.3, -0.25) is 14.5 Å². The summed E-state index contributed by atoms with van der Waals surface area (Å²) in [5.41, 5.74) is 2.52. The number of aryl methyl sites for hydroxylation is 1. The largest absolute Gasteiger partial charge is 0.507 e. The van der Waals surface area contributed by atoms with E-state index in [4.69, 9.17) is 14.7 Å². The Morgan fingerprint density at radius 2 is 1.65 bits per heavy atom. The number of methoxy groups -OCH3 is 2. The number of carbonyl (C=O) groups excluding carboxylic acids is 2. The number of Topliss-reactive ketones (excluding diaryl/α,β-unsaturated/α-hetero) is 1. The van der Waals surface area contributed by atoms with Gasteiger partial charge in [-0.1, -0.05) is 12.1 Å². The van der Waals surface area contributed by atoms with Crippen LogP contribution in [0.25, 0.3) is 5.76 Å². The van der Waals surface area contributed by atoms with Crippen molar-refractivity contribution in [3.05, 3.63) is 94.6 Å². The van der Waals surface area contributed by atoms with Gasteiger partial charge >= 0.3 is 0 Å². The highest BCUT2D eigenvalue weighted by molar-refractivity contribution is 6.51. The zero-order valence-electron chi connectivity index (χ0n) is 18.9. The number of ketones is 1. The molecule has 1 fully saturated rings. The summed E-state index contributed by atoms with van der Waals surface area (Å²) in [5, 5.41) is 20.5. The lowest BCUT2D eigenvalue weighted by Crippen LogP contribution is -2.29. The molecular formula is C27H22N2O5. The number of hydrogen-bond donors (Lipinski definition) is 1. The fraction of sp³-hybridized carbons (Fsp3) is 0.148. The Morgan fingerprint density at radius 3 is 2.26 bits per heavy atom. The Bertz CT molecular complexity index is 1350. The molecule has 3 aromatic rings. The highest BCUT2D eigenvalue weighted by Crippen LogP contribution is 2.43. The van der Waals surface area contributed by atoms with Crippen LogP contribution in [0.4, 0.5) is 5.69 Å². The maximum absolute atomic E-state index is 13.3. The Hall–Kier alpha value is -4.57. The molecule has 4 rings (SSSR count). The summed E-state index contributed by atoms with van der Waals surface area (Å²) < 4.78 is 10.6. The molecule has 1 heterocycles. The molecule has 0 aromatic heterocycles. The summed E-state index contributed by atoms with van der Waals surface area (Å²) in [6.07, 6.45) is 0. The van der Waals surface area contributed by atoms with E-state index in [0.29, 0.717) is 39.4 Å². The standard InChI is InChI=1S/C27H22N2O5/c1-16-13-21(34-3)11-12-22(16)25(30)23-24(18-5-4-6-20(14-18)33-2)29(27(32)26(23)31)19-9-7-17(15-28)8-10-19/h4-14,24,30H,1-3H3/b25-23-. The lowest BCUT2D eigenvalue weighted by molar-refractivity contribution is -0.132. The molecule has 1 amide bonds. The summed E-state index contributed by atoms with van der Waals surface area (Å²) in [6, 6.07) is 19.6. The molecule has 170 valence electrons. The van der Waals surface area contributed by atoms with E-state index in [0.717, 1.165) is 0 Å². The van der Waals surface area contributed by atoms with Gasteiger partial charge in [0.2, 0.25) is 0 Å². The van der Waals surface area contributed by atoms with Crippen molar-refractivity contribution >= 4 is 23.1 Å². The molecule has 0 bridgehead atoms. The predicted molar refractivity (Wildman–Crippen MR) is 127 cm³/mol. The third-order valence-corrected chi connectivity index (χ3v) is 5.82. The maximum atomic E-state index is 13.3. The van der Waals surface area contributed by atoms with Gasteiger partial charge in [-0.15, -0.1) is 0 Å². The first kappa shape index (κ1) is 22.6. The molecule has 3 aromatic carbocycles. The van der Waals surface area contributed by atoms with Crippen LogP contribution in [0.1, 0.15) is 28.3 Å². The number of hydrogen-bond acceptors (Lipinski definition) is 6. The summed E-state index contributed by atoms with van der Waals surface area (Å²) in [4.78, 5) is 27.9. The number of anilines is 1. The van der Waals surface area contributed by atoms with Crippen LogP contribution in [0.3, 0.4) is 0 Å². The van der Waals surface area contributed by atoms with Gasteiger partial charge in [-0.05, 0) is 72.6 Å². The van der Waals surface area contributed by atoms with E-state index in [1.54, 1.807) is 80.8 Å². The summed E-state index contributed by atoms with van der Waals surface area (Å²) in [5.74, 6) is -0.697. The Kier molecular flexibility index (Phi) is 6.07. The summed E-state index contributed by atoms with van der Waals surface area (Å²) >= 11 is 0. The second kappa shape index (κ2) is 9.12. The number of benzene rings is 3. The molecule has 1 saturated heterocycles. The van der Waals surface area contributed by atoms with E-state index >= 15 is 0 Å². The van der Waals surface area contributed by atoms with Crippen molar-refractivity contribution in [3.8, 4) is 17.6 Å². The van der Waals surface area contributed by atoms with Gasteiger partial charge in [0.15, 0.2) is 0 Å². The van der Waals surface area contributed by atoms with E-state index in [9.17, 15) is 14.7 Å². The van der Waals surface area contributed by atoms with Gasteiger partial charge in [0.25, 0.3) is 11.7 Å². The van der Waals surface area contributed by atoms with Gasteiger partial charge in [0.1, 0.15) is 17.3 Å². The number of nitriles is 1. The molecule has 34 heavy (non-hydrogen) atoms. The molecule has 7 heteroatoms. The van der Waals surface area contributed by atoms with Crippen molar-refractivity contribution < 1.29 is 24.2 Å². The normalized spacial score (nSPS) is 16.9. The molecule has 1 aliphatic rings. The van der Waals surface area contributed by atoms with E-state index in [-0.39, 0.29) is 11.3 Å². The van der Waals surface area contributed by atoms with E-state index in [1.165, 1.54) is 12.0 Å². The number of ether oxygens (including phenoxy) is 2. The molecule has 1 N–H and O–H groups in total. The van der Waals surface area contributed by atoms with Crippen molar-refractivity contribution in [2.24, 2.45) is 0 Å². The first-order valence-corrected chi connectivity index (χ1v) is 10.5. The molecule has 1 atom stereocenters. The SMILES string of the molecule is COc1cccc(C2/C(=C(/O)c3ccc(OC)cc3C)C(=O)C(=O)N2c2ccc(C#N)cc2)c1. The van der Waals surface area contributed by atoms with Crippen LogP contribution in [-0.2, 0) is 9.59 Å². The van der Waals surface area contributed by atoms with Crippen molar-refractivity contribution in [2.45, 2.75) is 13.0 Å². The van der Waals surface area contributed by atoms with Crippen LogP contribution in [0.2, 0.25) is 0 Å². The van der Waals surface area contributed by atoms with Crippen molar-refractivity contribution in [2.75, 3.05) is 19.1 Å². The fourth-order valence-corrected chi connectivity index (χ4v) is 4.10. The molecule has 1 unspecified atom stereocenters. The minimum Gasteiger partial charge on any atom is -0.507 e. The zero-order chi connectivity index (χ0) is 24.4. The number of aliphatic hydroxyl groups excluding tert-OH is 1. The van der Waals surface area contributed by atoms with Crippen molar-refractivity contribution in [3.63, 3.8) is 0 Å². The smallest absolute Gasteiger partial charge is 0.300 e. The Balaban J connectivity index is 1.95. The van der Waals surface area contributed by atoms with Gasteiger partial charge in [0.05, 0.1) is 37.5 Å². The number of nitrogens with zero attached hydrogens (tertiary/aromatic N) is 2.